The van der Waals surface area contributed by atoms with Crippen LogP contribution < -0.4 is 5.32 Å². The van der Waals surface area contributed by atoms with Crippen molar-refractivity contribution in [1.82, 2.24) is 5.32 Å². The maximum atomic E-state index is 9.00. The second kappa shape index (κ2) is 6.72. The first-order chi connectivity index (χ1) is 8.15. The third kappa shape index (κ3) is 4.29. The fourth-order valence-corrected chi connectivity index (χ4v) is 1.95. The van der Waals surface area contributed by atoms with Gasteiger partial charge in [-0.1, -0.05) is 30.2 Å². The molecule has 2 N–H and O–H groups in total. The third-order valence-corrected chi connectivity index (χ3v) is 2.58. The molecular formula is C14H17NO2. The van der Waals surface area contributed by atoms with Crippen molar-refractivity contribution in [3.05, 3.63) is 35.4 Å². The summed E-state index contributed by atoms with van der Waals surface area (Å²) in [4.78, 5) is 9.00. The van der Waals surface area contributed by atoms with Crippen LogP contribution in [-0.2, 0) is 11.2 Å². The number of aryl methyl sites for hydroxylation is 1. The molecule has 0 bridgehead atoms. The van der Waals surface area contributed by atoms with Crippen LogP contribution in [0.5, 0.6) is 0 Å². The van der Waals surface area contributed by atoms with Gasteiger partial charge in [0, 0.05) is 13.0 Å². The lowest BCUT2D eigenvalue weighted by Gasteiger charge is -2.10. The molecule has 0 saturated carbocycles. The molecule has 2 rings (SSSR count). The Bertz CT molecular complexity index is 416. The van der Waals surface area contributed by atoms with Crippen molar-refractivity contribution < 1.29 is 9.90 Å². The van der Waals surface area contributed by atoms with Crippen LogP contribution >= 0.6 is 0 Å². The van der Waals surface area contributed by atoms with E-state index in [1.165, 1.54) is 24.0 Å². The van der Waals surface area contributed by atoms with Gasteiger partial charge in [-0.25, -0.2) is 0 Å². The zero-order valence-electron chi connectivity index (χ0n) is 9.94. The summed E-state index contributed by atoms with van der Waals surface area (Å²) in [6, 6.07) is 9.06. The third-order valence-electron chi connectivity index (χ3n) is 2.58. The summed E-state index contributed by atoms with van der Waals surface area (Å²) in [6.07, 6.45) is 7.57. The lowest BCUT2D eigenvalue weighted by Crippen LogP contribution is -2.19. The van der Waals surface area contributed by atoms with Gasteiger partial charge in [-0.05, 0) is 24.0 Å². The zero-order valence-corrected chi connectivity index (χ0v) is 9.94. The van der Waals surface area contributed by atoms with Gasteiger partial charge in [0.15, 0.2) is 0 Å². The zero-order chi connectivity index (χ0) is 12.7. The molecule has 1 aromatic rings. The molecule has 1 aliphatic rings. The van der Waals surface area contributed by atoms with Crippen molar-refractivity contribution in [3.8, 4) is 12.3 Å². The molecule has 0 aromatic heterocycles. The molecule has 0 aliphatic heterocycles. The smallest absolute Gasteiger partial charge is 0.300 e. The monoisotopic (exact) mass is 231 g/mol. The number of rotatable bonds is 2. The molecule has 0 radical (unpaired) electrons. The highest BCUT2D eigenvalue weighted by molar-refractivity contribution is 5.62. The highest BCUT2D eigenvalue weighted by Gasteiger charge is 2.20. The molecule has 3 heteroatoms. The van der Waals surface area contributed by atoms with Crippen LogP contribution in [-0.4, -0.2) is 17.6 Å². The molecule has 0 saturated heterocycles. The number of carboxylic acid groups (broad SMARTS) is 1. The van der Waals surface area contributed by atoms with Gasteiger partial charge in [0.25, 0.3) is 5.97 Å². The first kappa shape index (κ1) is 13.3. The minimum atomic E-state index is -0.833. The predicted molar refractivity (Wildman–Crippen MR) is 67.6 cm³/mol. The standard InChI is InChI=1S/C12H13N.C2H4O2/c1-2-9-13-12-8-7-10-5-3-4-6-11(10)12;1-2(3)4/h1,3-6,12-13H,7-9H2;1H3,(H,3,4)/t12-;/m0./s1. The van der Waals surface area contributed by atoms with Gasteiger partial charge in [0.1, 0.15) is 0 Å². The summed E-state index contributed by atoms with van der Waals surface area (Å²) in [5, 5.41) is 10.8. The molecule has 17 heavy (non-hydrogen) atoms. The molecule has 1 aliphatic carbocycles. The highest BCUT2D eigenvalue weighted by atomic mass is 16.4. The Morgan fingerprint density at radius 3 is 2.88 bits per heavy atom. The van der Waals surface area contributed by atoms with Gasteiger partial charge in [-0.15, -0.1) is 6.42 Å². The molecule has 3 nitrogen and oxygen atoms in total. The summed E-state index contributed by atoms with van der Waals surface area (Å²) in [6.45, 7) is 1.75. The van der Waals surface area contributed by atoms with Gasteiger partial charge < -0.3 is 5.11 Å². The molecule has 0 unspecified atom stereocenters. The van der Waals surface area contributed by atoms with Crippen LogP contribution in [0.4, 0.5) is 0 Å². The second-order valence-corrected chi connectivity index (χ2v) is 3.89. The van der Waals surface area contributed by atoms with Crippen LogP contribution in [0.1, 0.15) is 30.5 Å². The van der Waals surface area contributed by atoms with Crippen molar-refractivity contribution in [2.75, 3.05) is 6.54 Å². The Morgan fingerprint density at radius 1 is 1.59 bits per heavy atom. The van der Waals surface area contributed by atoms with E-state index >= 15 is 0 Å². The van der Waals surface area contributed by atoms with E-state index in [9.17, 15) is 0 Å². The summed E-state index contributed by atoms with van der Waals surface area (Å²) < 4.78 is 0. The number of aliphatic carboxylic acids is 1. The summed E-state index contributed by atoms with van der Waals surface area (Å²) in [5.41, 5.74) is 2.90. The number of carbonyl (C=O) groups is 1. The fraction of sp³-hybridized carbons (Fsp3) is 0.357. The fourth-order valence-electron chi connectivity index (χ4n) is 1.95. The minimum Gasteiger partial charge on any atom is -0.481 e. The maximum Gasteiger partial charge on any atom is 0.300 e. The van der Waals surface area contributed by atoms with Crippen LogP contribution in [0.3, 0.4) is 0 Å². The number of hydrogen-bond donors (Lipinski definition) is 2. The van der Waals surface area contributed by atoms with Gasteiger partial charge in [-0.3, -0.25) is 10.1 Å². The SMILES string of the molecule is C#CCN[C@H]1CCc2ccccc21.CC(=O)O. The maximum absolute atomic E-state index is 9.00. The lowest BCUT2D eigenvalue weighted by atomic mass is 10.1. The van der Waals surface area contributed by atoms with E-state index in [-0.39, 0.29) is 0 Å². The molecule has 0 fully saturated rings. The molecule has 90 valence electrons. The highest BCUT2D eigenvalue weighted by Crippen LogP contribution is 2.30. The van der Waals surface area contributed by atoms with Crippen LogP contribution in [0, 0.1) is 12.3 Å². The van der Waals surface area contributed by atoms with Gasteiger partial charge in [0.05, 0.1) is 6.54 Å². The van der Waals surface area contributed by atoms with E-state index < -0.39 is 5.97 Å². The molecule has 0 spiro atoms. The van der Waals surface area contributed by atoms with Crippen LogP contribution in [0.2, 0.25) is 0 Å². The van der Waals surface area contributed by atoms with E-state index in [1.54, 1.807) is 0 Å². The van der Waals surface area contributed by atoms with E-state index in [1.807, 2.05) is 0 Å². The molecule has 1 atom stereocenters. The minimum absolute atomic E-state index is 0.479. The predicted octanol–water partition coefficient (Wildman–Crippen LogP) is 1.99. The van der Waals surface area contributed by atoms with E-state index in [2.05, 4.69) is 35.5 Å². The van der Waals surface area contributed by atoms with Crippen molar-refractivity contribution >= 4 is 5.97 Å². The van der Waals surface area contributed by atoms with Gasteiger partial charge >= 0.3 is 0 Å². The number of terminal acetylenes is 1. The molecular weight excluding hydrogens is 214 g/mol. The Balaban J connectivity index is 0.000000317. The Kier molecular flexibility index (Phi) is 5.25. The molecule has 0 amide bonds. The average Bonchev–Trinajstić information content (AvgIpc) is 2.69. The summed E-state index contributed by atoms with van der Waals surface area (Å²) in [5.74, 6) is 1.78. The molecule has 0 heterocycles. The number of carboxylic acids is 1. The van der Waals surface area contributed by atoms with Crippen molar-refractivity contribution in [2.24, 2.45) is 0 Å². The first-order valence-electron chi connectivity index (χ1n) is 5.59. The number of hydrogen-bond acceptors (Lipinski definition) is 2. The van der Waals surface area contributed by atoms with Gasteiger partial charge in [0.2, 0.25) is 0 Å². The largest absolute Gasteiger partial charge is 0.481 e. The van der Waals surface area contributed by atoms with E-state index in [0.29, 0.717) is 12.6 Å². The van der Waals surface area contributed by atoms with E-state index in [4.69, 9.17) is 16.3 Å². The Labute approximate surface area is 102 Å². The average molecular weight is 231 g/mol. The van der Waals surface area contributed by atoms with Crippen LogP contribution in [0.25, 0.3) is 0 Å². The summed E-state index contributed by atoms with van der Waals surface area (Å²) >= 11 is 0. The normalized spacial score (nSPS) is 16.4. The number of benzene rings is 1. The molecule has 1 aromatic carbocycles. The summed E-state index contributed by atoms with van der Waals surface area (Å²) in [7, 11) is 0. The van der Waals surface area contributed by atoms with E-state index in [0.717, 1.165) is 6.92 Å². The quantitative estimate of drug-likeness (QED) is 0.765. The van der Waals surface area contributed by atoms with Crippen LogP contribution in [0.15, 0.2) is 24.3 Å². The lowest BCUT2D eigenvalue weighted by molar-refractivity contribution is -0.134. The topological polar surface area (TPSA) is 49.3 Å². The number of fused-ring (bicyclic) bond motifs is 1. The first-order valence-corrected chi connectivity index (χ1v) is 5.59. The van der Waals surface area contributed by atoms with Crippen molar-refractivity contribution in [3.63, 3.8) is 0 Å². The second-order valence-electron chi connectivity index (χ2n) is 3.89. The van der Waals surface area contributed by atoms with Gasteiger partial charge in [-0.2, -0.15) is 0 Å². The Hall–Kier alpha value is -1.79. The van der Waals surface area contributed by atoms with Crippen molar-refractivity contribution in [2.45, 2.75) is 25.8 Å². The van der Waals surface area contributed by atoms with Crippen molar-refractivity contribution in [1.29, 1.82) is 0 Å². The number of nitrogens with one attached hydrogen (secondary N) is 1. The Morgan fingerprint density at radius 2 is 2.24 bits per heavy atom.